The van der Waals surface area contributed by atoms with E-state index in [-0.39, 0.29) is 11.3 Å². The zero-order valence-corrected chi connectivity index (χ0v) is 14.9. The van der Waals surface area contributed by atoms with Crippen molar-refractivity contribution in [3.63, 3.8) is 0 Å². The summed E-state index contributed by atoms with van der Waals surface area (Å²) in [5.74, 6) is 1.64. The lowest BCUT2D eigenvalue weighted by Gasteiger charge is -2.29. The van der Waals surface area contributed by atoms with Crippen LogP contribution in [0.2, 0.25) is 0 Å². The van der Waals surface area contributed by atoms with Crippen molar-refractivity contribution in [2.75, 3.05) is 13.1 Å². The number of amides is 1. The fourth-order valence-corrected chi connectivity index (χ4v) is 2.99. The number of rotatable bonds is 3. The number of carbonyl (C=O) groups excluding carboxylic acids is 1. The Balaban J connectivity index is 1.91. The number of nitrogens with one attached hydrogen (secondary N) is 4. The molecule has 0 radical (unpaired) electrons. The van der Waals surface area contributed by atoms with E-state index in [1.807, 2.05) is 20.8 Å². The summed E-state index contributed by atoms with van der Waals surface area (Å²) in [7, 11) is 0. The highest BCUT2D eigenvalue weighted by Gasteiger charge is 2.26. The Labute approximate surface area is 147 Å². The molecule has 1 aromatic rings. The first-order valence-electron chi connectivity index (χ1n) is 8.60. The molecular formula is C18H25N5O2. The minimum atomic E-state index is -0.191. The number of allylic oxidation sites excluding steroid dienone is 2. The van der Waals surface area contributed by atoms with Gasteiger partial charge in [0.2, 0.25) is 5.89 Å². The van der Waals surface area contributed by atoms with Gasteiger partial charge < -0.3 is 25.8 Å². The minimum Gasteiger partial charge on any atom is -0.440 e. The van der Waals surface area contributed by atoms with Crippen LogP contribution in [0.3, 0.4) is 0 Å². The first-order valence-corrected chi connectivity index (χ1v) is 8.60. The molecule has 3 heterocycles. The van der Waals surface area contributed by atoms with E-state index in [1.165, 1.54) is 0 Å². The summed E-state index contributed by atoms with van der Waals surface area (Å²) in [5.41, 5.74) is 1.15. The highest BCUT2D eigenvalue weighted by molar-refractivity contribution is 6.09. The van der Waals surface area contributed by atoms with Crippen LogP contribution in [0.5, 0.6) is 0 Å². The quantitative estimate of drug-likeness (QED) is 0.628. The van der Waals surface area contributed by atoms with Gasteiger partial charge in [-0.25, -0.2) is 4.98 Å². The molecule has 2 aliphatic rings. The van der Waals surface area contributed by atoms with Gasteiger partial charge in [0.1, 0.15) is 11.6 Å². The highest BCUT2D eigenvalue weighted by Crippen LogP contribution is 2.27. The van der Waals surface area contributed by atoms with Crippen molar-refractivity contribution < 1.29 is 9.21 Å². The lowest BCUT2D eigenvalue weighted by molar-refractivity contribution is -0.116. The van der Waals surface area contributed by atoms with E-state index in [9.17, 15) is 4.79 Å². The normalized spacial score (nSPS) is 21.2. The van der Waals surface area contributed by atoms with Crippen molar-refractivity contribution in [3.8, 4) is 0 Å². The van der Waals surface area contributed by atoms with Crippen molar-refractivity contribution in [2.45, 2.75) is 39.0 Å². The van der Waals surface area contributed by atoms with Gasteiger partial charge in [-0.3, -0.25) is 4.79 Å². The summed E-state index contributed by atoms with van der Waals surface area (Å²) < 4.78 is 5.83. The van der Waals surface area contributed by atoms with Crippen LogP contribution in [0.4, 0.5) is 0 Å². The fourth-order valence-electron chi connectivity index (χ4n) is 2.99. The molecule has 1 amide bonds. The van der Waals surface area contributed by atoms with Gasteiger partial charge in [-0.1, -0.05) is 20.8 Å². The predicted octanol–water partition coefficient (Wildman–Crippen LogP) is 1.89. The van der Waals surface area contributed by atoms with E-state index in [1.54, 1.807) is 12.3 Å². The van der Waals surface area contributed by atoms with Gasteiger partial charge in [0.05, 0.1) is 11.8 Å². The van der Waals surface area contributed by atoms with Gasteiger partial charge in [0.25, 0.3) is 5.91 Å². The van der Waals surface area contributed by atoms with Crippen LogP contribution in [0.1, 0.15) is 45.3 Å². The molecule has 0 saturated carbocycles. The topological polar surface area (TPSA) is 103 Å². The second-order valence-corrected chi connectivity index (χ2v) is 7.45. The van der Waals surface area contributed by atoms with Crippen LogP contribution in [-0.2, 0) is 10.2 Å². The Morgan fingerprint density at radius 2 is 2.04 bits per heavy atom. The summed E-state index contributed by atoms with van der Waals surface area (Å²) >= 11 is 0. The smallest absolute Gasteiger partial charge is 0.251 e. The van der Waals surface area contributed by atoms with Gasteiger partial charge in [0.15, 0.2) is 0 Å². The molecule has 7 heteroatoms. The molecule has 134 valence electrons. The van der Waals surface area contributed by atoms with Crippen molar-refractivity contribution >= 4 is 17.7 Å². The van der Waals surface area contributed by atoms with Gasteiger partial charge >= 0.3 is 0 Å². The van der Waals surface area contributed by atoms with Gasteiger partial charge in [0, 0.05) is 29.3 Å². The zero-order chi connectivity index (χ0) is 18.0. The Morgan fingerprint density at radius 1 is 1.32 bits per heavy atom. The van der Waals surface area contributed by atoms with Crippen LogP contribution in [0.15, 0.2) is 28.2 Å². The Bertz CT molecular complexity index is 733. The summed E-state index contributed by atoms with van der Waals surface area (Å²) in [4.78, 5) is 16.4. The Hall–Kier alpha value is -2.41. The third kappa shape index (κ3) is 3.82. The third-order valence-corrected chi connectivity index (χ3v) is 4.47. The zero-order valence-electron chi connectivity index (χ0n) is 14.9. The predicted molar refractivity (Wildman–Crippen MR) is 95.9 cm³/mol. The largest absolute Gasteiger partial charge is 0.440 e. The SMILES string of the molecule is CC(C)(C)c1cnc(/C(C=N)=C2\NC(=O)C=C(C3CCNCC3)N2)o1. The monoisotopic (exact) mass is 343 g/mol. The molecule has 4 N–H and O–H groups in total. The molecule has 0 aliphatic carbocycles. The maximum Gasteiger partial charge on any atom is 0.251 e. The molecule has 1 saturated heterocycles. The molecule has 2 aliphatic heterocycles. The average Bonchev–Trinajstić information content (AvgIpc) is 3.06. The number of aromatic nitrogens is 1. The molecule has 1 aromatic heterocycles. The molecule has 25 heavy (non-hydrogen) atoms. The average molecular weight is 343 g/mol. The second kappa shape index (κ2) is 6.84. The summed E-state index contributed by atoms with van der Waals surface area (Å²) in [6.45, 7) is 7.99. The van der Waals surface area contributed by atoms with E-state index in [2.05, 4.69) is 20.9 Å². The van der Waals surface area contributed by atoms with Crippen LogP contribution < -0.4 is 16.0 Å². The maximum absolute atomic E-state index is 12.1. The van der Waals surface area contributed by atoms with Gasteiger partial charge in [-0.15, -0.1) is 0 Å². The lowest BCUT2D eigenvalue weighted by Crippen LogP contribution is -2.41. The van der Waals surface area contributed by atoms with Crippen molar-refractivity contribution in [1.29, 1.82) is 5.41 Å². The molecule has 7 nitrogen and oxygen atoms in total. The summed E-state index contributed by atoms with van der Waals surface area (Å²) in [6.07, 6.45) is 6.40. The second-order valence-electron chi connectivity index (χ2n) is 7.45. The van der Waals surface area contributed by atoms with Crippen LogP contribution in [0.25, 0.3) is 5.57 Å². The number of piperidine rings is 1. The van der Waals surface area contributed by atoms with Crippen molar-refractivity contribution in [3.05, 3.63) is 35.4 Å². The summed E-state index contributed by atoms with van der Waals surface area (Å²) in [5, 5.41) is 17.1. The molecule has 0 atom stereocenters. The van der Waals surface area contributed by atoms with Gasteiger partial charge in [-0.05, 0) is 25.9 Å². The molecule has 0 unspecified atom stereocenters. The molecule has 3 rings (SSSR count). The summed E-state index contributed by atoms with van der Waals surface area (Å²) in [6, 6.07) is 0. The third-order valence-electron chi connectivity index (χ3n) is 4.47. The van der Waals surface area contributed by atoms with Crippen LogP contribution in [0, 0.1) is 11.3 Å². The maximum atomic E-state index is 12.1. The number of oxazole rings is 1. The Kier molecular flexibility index (Phi) is 4.76. The first kappa shape index (κ1) is 17.4. The molecule has 1 fully saturated rings. The van der Waals surface area contributed by atoms with Gasteiger partial charge in [-0.2, -0.15) is 0 Å². The Morgan fingerprint density at radius 3 is 2.64 bits per heavy atom. The highest BCUT2D eigenvalue weighted by atomic mass is 16.4. The van der Waals surface area contributed by atoms with Crippen molar-refractivity contribution in [2.24, 2.45) is 5.92 Å². The molecule has 0 aromatic carbocycles. The number of hydrogen-bond donors (Lipinski definition) is 4. The van der Waals surface area contributed by atoms with Crippen LogP contribution >= 0.6 is 0 Å². The molecule has 0 bridgehead atoms. The molecule has 0 spiro atoms. The number of hydrogen-bond acceptors (Lipinski definition) is 6. The van der Waals surface area contributed by atoms with E-state index in [0.29, 0.717) is 23.2 Å². The fraction of sp³-hybridized carbons (Fsp3) is 0.500. The first-order chi connectivity index (χ1) is 11.9. The van der Waals surface area contributed by atoms with Crippen LogP contribution in [-0.4, -0.2) is 30.2 Å². The number of carbonyl (C=O) groups is 1. The van der Waals surface area contributed by atoms with Crippen molar-refractivity contribution in [1.82, 2.24) is 20.9 Å². The standard InChI is InChI=1S/C18H25N5O2/c1-18(2,3)14-10-21-17(25-14)12(9-19)16-22-13(8-15(24)23-16)11-4-6-20-7-5-11/h8-11,19-20,22H,4-7H2,1-3H3,(H,23,24)/b16-12-,19-9?. The van der Waals surface area contributed by atoms with E-state index >= 15 is 0 Å². The molecular weight excluding hydrogens is 318 g/mol. The number of nitrogens with zero attached hydrogens (tertiary/aromatic N) is 1. The minimum absolute atomic E-state index is 0.174. The van der Waals surface area contributed by atoms with E-state index in [4.69, 9.17) is 9.83 Å². The van der Waals surface area contributed by atoms with E-state index < -0.39 is 0 Å². The van der Waals surface area contributed by atoms with E-state index in [0.717, 1.165) is 43.6 Å². The lowest BCUT2D eigenvalue weighted by atomic mass is 9.93.